The van der Waals surface area contributed by atoms with E-state index in [0.29, 0.717) is 12.0 Å². The van der Waals surface area contributed by atoms with Gasteiger partial charge in [0.05, 0.1) is 12.7 Å². The van der Waals surface area contributed by atoms with Crippen LogP contribution in [0.2, 0.25) is 0 Å². The molecule has 0 aromatic heterocycles. The van der Waals surface area contributed by atoms with Crippen LogP contribution in [0.5, 0.6) is 0 Å². The number of benzene rings is 1. The molecule has 0 unspecified atom stereocenters. The Morgan fingerprint density at radius 2 is 1.92 bits per heavy atom. The molecule has 1 saturated heterocycles. The van der Waals surface area contributed by atoms with E-state index in [1.54, 1.807) is 0 Å². The van der Waals surface area contributed by atoms with Gasteiger partial charge in [0.15, 0.2) is 0 Å². The van der Waals surface area contributed by atoms with E-state index >= 15 is 0 Å². The molecule has 0 saturated carbocycles. The van der Waals surface area contributed by atoms with E-state index < -0.39 is 0 Å². The van der Waals surface area contributed by atoms with Crippen LogP contribution >= 0.6 is 0 Å². The number of aryl methyl sites for hydroxylation is 1. The first-order valence-electron chi connectivity index (χ1n) is 4.94. The van der Waals surface area contributed by atoms with Gasteiger partial charge in [-0.2, -0.15) is 0 Å². The summed E-state index contributed by atoms with van der Waals surface area (Å²) < 4.78 is 5.55. The summed E-state index contributed by atoms with van der Waals surface area (Å²) >= 11 is 0. The molecule has 0 N–H and O–H groups in total. The van der Waals surface area contributed by atoms with Crippen molar-refractivity contribution in [2.75, 3.05) is 6.61 Å². The van der Waals surface area contributed by atoms with Gasteiger partial charge in [-0.15, -0.1) is 0 Å². The van der Waals surface area contributed by atoms with Gasteiger partial charge in [0.25, 0.3) is 0 Å². The Balaban J connectivity index is 2.13. The van der Waals surface area contributed by atoms with Gasteiger partial charge >= 0.3 is 0 Å². The highest BCUT2D eigenvalue weighted by Crippen LogP contribution is 2.28. The molecule has 2 atom stereocenters. The van der Waals surface area contributed by atoms with Crippen LogP contribution in [0.25, 0.3) is 0 Å². The lowest BCUT2D eigenvalue weighted by molar-refractivity contribution is 0.123. The molecule has 1 aliphatic rings. The van der Waals surface area contributed by atoms with Crippen molar-refractivity contribution in [3.63, 3.8) is 0 Å². The maximum Gasteiger partial charge on any atom is 0.0554 e. The van der Waals surface area contributed by atoms with Crippen LogP contribution in [0, 0.1) is 6.92 Å². The fourth-order valence-corrected chi connectivity index (χ4v) is 1.89. The van der Waals surface area contributed by atoms with Gasteiger partial charge in [-0.1, -0.05) is 29.8 Å². The maximum absolute atomic E-state index is 5.55. The quantitative estimate of drug-likeness (QED) is 0.639. The summed E-state index contributed by atoms with van der Waals surface area (Å²) in [5.74, 6) is 0.621. The molecule has 1 aliphatic heterocycles. The number of rotatable bonds is 1. The summed E-state index contributed by atoms with van der Waals surface area (Å²) in [6.45, 7) is 5.16. The normalized spacial score (nSPS) is 27.8. The molecule has 0 bridgehead atoms. The van der Waals surface area contributed by atoms with E-state index in [0.717, 1.165) is 6.61 Å². The summed E-state index contributed by atoms with van der Waals surface area (Å²) in [6, 6.07) is 8.80. The van der Waals surface area contributed by atoms with Crippen LogP contribution in [0.15, 0.2) is 24.3 Å². The van der Waals surface area contributed by atoms with Gasteiger partial charge in [-0.25, -0.2) is 0 Å². The van der Waals surface area contributed by atoms with Gasteiger partial charge in [-0.05, 0) is 25.8 Å². The standard InChI is InChI=1S/C12H16O/c1-9-3-5-11(6-4-9)12-7-10(2)13-8-12/h3-6,10,12H,7-8H2,1-2H3/t10-,12+/m1/s1. The molecular weight excluding hydrogens is 160 g/mol. The van der Waals surface area contributed by atoms with Gasteiger partial charge in [0.1, 0.15) is 0 Å². The molecule has 1 fully saturated rings. The highest BCUT2D eigenvalue weighted by molar-refractivity contribution is 5.25. The predicted molar refractivity (Wildman–Crippen MR) is 54.0 cm³/mol. The smallest absolute Gasteiger partial charge is 0.0554 e. The SMILES string of the molecule is Cc1ccc([C@@H]2CO[C@H](C)C2)cc1. The maximum atomic E-state index is 5.55. The second kappa shape index (κ2) is 3.51. The molecule has 13 heavy (non-hydrogen) atoms. The van der Waals surface area contributed by atoms with Crippen LogP contribution in [-0.2, 0) is 4.74 Å². The minimum atomic E-state index is 0.436. The van der Waals surface area contributed by atoms with Crippen molar-refractivity contribution < 1.29 is 4.74 Å². The summed E-state index contributed by atoms with van der Waals surface area (Å²) in [4.78, 5) is 0. The lowest BCUT2D eigenvalue weighted by atomic mass is 9.96. The molecule has 2 rings (SSSR count). The lowest BCUT2D eigenvalue weighted by Gasteiger charge is -2.07. The fourth-order valence-electron chi connectivity index (χ4n) is 1.89. The zero-order valence-electron chi connectivity index (χ0n) is 8.29. The molecule has 1 heterocycles. The molecule has 0 amide bonds. The fraction of sp³-hybridized carbons (Fsp3) is 0.500. The Morgan fingerprint density at radius 3 is 2.46 bits per heavy atom. The molecule has 70 valence electrons. The zero-order valence-corrected chi connectivity index (χ0v) is 8.29. The van der Waals surface area contributed by atoms with E-state index in [2.05, 4.69) is 38.1 Å². The zero-order chi connectivity index (χ0) is 9.26. The molecule has 1 nitrogen and oxygen atoms in total. The van der Waals surface area contributed by atoms with Crippen LogP contribution < -0.4 is 0 Å². The van der Waals surface area contributed by atoms with Crippen molar-refractivity contribution in [1.29, 1.82) is 0 Å². The van der Waals surface area contributed by atoms with Gasteiger partial charge in [-0.3, -0.25) is 0 Å². The topological polar surface area (TPSA) is 9.23 Å². The predicted octanol–water partition coefficient (Wildman–Crippen LogP) is 2.89. The lowest BCUT2D eigenvalue weighted by Crippen LogP contribution is -1.97. The monoisotopic (exact) mass is 176 g/mol. The van der Waals surface area contributed by atoms with Crippen molar-refractivity contribution in [1.82, 2.24) is 0 Å². The first-order valence-corrected chi connectivity index (χ1v) is 4.94. The minimum Gasteiger partial charge on any atom is -0.378 e. The molecule has 0 radical (unpaired) electrons. The second-order valence-corrected chi connectivity index (χ2v) is 3.99. The van der Waals surface area contributed by atoms with Crippen molar-refractivity contribution in [2.24, 2.45) is 0 Å². The van der Waals surface area contributed by atoms with Crippen molar-refractivity contribution >= 4 is 0 Å². The summed E-state index contributed by atoms with van der Waals surface area (Å²) in [5, 5.41) is 0. The van der Waals surface area contributed by atoms with E-state index in [1.807, 2.05) is 0 Å². The molecule has 1 aromatic rings. The number of hydrogen-bond donors (Lipinski definition) is 0. The van der Waals surface area contributed by atoms with Gasteiger partial charge in [0, 0.05) is 5.92 Å². The average molecular weight is 176 g/mol. The second-order valence-electron chi connectivity index (χ2n) is 3.99. The van der Waals surface area contributed by atoms with E-state index in [1.165, 1.54) is 17.5 Å². The van der Waals surface area contributed by atoms with Crippen molar-refractivity contribution in [2.45, 2.75) is 32.3 Å². The summed E-state index contributed by atoms with van der Waals surface area (Å²) in [6.07, 6.45) is 1.61. The third-order valence-electron chi connectivity index (χ3n) is 2.75. The average Bonchev–Trinajstić information content (AvgIpc) is 2.53. The third kappa shape index (κ3) is 1.92. The molecule has 1 heteroatoms. The molecular formula is C12H16O. The molecule has 1 aromatic carbocycles. The Labute approximate surface area is 79.7 Å². The van der Waals surface area contributed by atoms with Crippen LogP contribution in [-0.4, -0.2) is 12.7 Å². The highest BCUT2D eigenvalue weighted by atomic mass is 16.5. The van der Waals surface area contributed by atoms with Crippen LogP contribution in [0.4, 0.5) is 0 Å². The number of hydrogen-bond acceptors (Lipinski definition) is 1. The first-order chi connectivity index (χ1) is 6.25. The van der Waals surface area contributed by atoms with E-state index in [4.69, 9.17) is 4.74 Å². The number of ether oxygens (including phenoxy) is 1. The Kier molecular flexibility index (Phi) is 2.36. The van der Waals surface area contributed by atoms with Crippen LogP contribution in [0.3, 0.4) is 0 Å². The highest BCUT2D eigenvalue weighted by Gasteiger charge is 2.22. The van der Waals surface area contributed by atoms with Crippen LogP contribution in [0.1, 0.15) is 30.4 Å². The first kappa shape index (κ1) is 8.76. The van der Waals surface area contributed by atoms with Crippen molar-refractivity contribution in [3.05, 3.63) is 35.4 Å². The van der Waals surface area contributed by atoms with Gasteiger partial charge < -0.3 is 4.74 Å². The summed E-state index contributed by atoms with van der Waals surface area (Å²) in [7, 11) is 0. The van der Waals surface area contributed by atoms with E-state index in [9.17, 15) is 0 Å². The third-order valence-corrected chi connectivity index (χ3v) is 2.75. The Morgan fingerprint density at radius 1 is 1.23 bits per heavy atom. The molecule has 0 spiro atoms. The van der Waals surface area contributed by atoms with E-state index in [-0.39, 0.29) is 0 Å². The summed E-state index contributed by atoms with van der Waals surface area (Å²) in [5.41, 5.74) is 2.76. The largest absolute Gasteiger partial charge is 0.378 e. The van der Waals surface area contributed by atoms with Gasteiger partial charge in [0.2, 0.25) is 0 Å². The Hall–Kier alpha value is -0.820. The minimum absolute atomic E-state index is 0.436. The van der Waals surface area contributed by atoms with Crippen molar-refractivity contribution in [3.8, 4) is 0 Å². The Bertz CT molecular complexity index is 276. The molecule has 0 aliphatic carbocycles.